The normalized spacial score (nSPS) is 15.9. The number of hydrogen-bond donors (Lipinski definition) is 1. The van der Waals surface area contributed by atoms with Crippen LogP contribution in [0.15, 0.2) is 24.3 Å². The highest BCUT2D eigenvalue weighted by molar-refractivity contribution is 7.12. The molecule has 3 rings (SSSR count). The van der Waals surface area contributed by atoms with E-state index in [-0.39, 0.29) is 12.2 Å². The molecule has 0 saturated heterocycles. The van der Waals surface area contributed by atoms with Gasteiger partial charge in [-0.1, -0.05) is 11.6 Å². The summed E-state index contributed by atoms with van der Waals surface area (Å²) in [6.07, 6.45) is 4.28. The molecule has 1 aromatic heterocycles. The molecule has 1 N–H and O–H groups in total. The third-order valence-corrected chi connectivity index (χ3v) is 5.34. The Labute approximate surface area is 127 Å². The second kappa shape index (κ2) is 5.84. The van der Waals surface area contributed by atoms with E-state index >= 15 is 0 Å². The molecule has 1 aromatic carbocycles. The van der Waals surface area contributed by atoms with Crippen molar-refractivity contribution in [2.75, 3.05) is 0 Å². The van der Waals surface area contributed by atoms with Crippen LogP contribution < -0.4 is 0 Å². The molecule has 1 nitrogen and oxygen atoms in total. The number of fused-ring (bicyclic) bond motifs is 1. The minimum Gasteiger partial charge on any atom is -0.387 e. The number of halogens is 2. The summed E-state index contributed by atoms with van der Waals surface area (Å²) in [5, 5.41) is 10.8. The first-order valence-electron chi connectivity index (χ1n) is 6.87. The number of aliphatic hydroxyl groups excluding tert-OH is 1. The molecule has 1 atom stereocenters. The van der Waals surface area contributed by atoms with Gasteiger partial charge in [-0.05, 0) is 61.1 Å². The molecule has 0 fully saturated rings. The number of rotatable bonds is 3. The standard InChI is InChI=1S/C16H16ClFOS/c17-12-5-6-13(18)11(7-12)8-14(19)16-9-10-3-1-2-4-15(10)20-16/h5-7,9,14,19H,1-4,8H2. The third-order valence-electron chi connectivity index (χ3n) is 3.77. The Kier molecular flexibility index (Phi) is 4.11. The number of aryl methyl sites for hydroxylation is 2. The van der Waals surface area contributed by atoms with Crippen molar-refractivity contribution in [2.24, 2.45) is 0 Å². The van der Waals surface area contributed by atoms with Crippen molar-refractivity contribution >= 4 is 22.9 Å². The molecular weight excluding hydrogens is 295 g/mol. The van der Waals surface area contributed by atoms with Crippen molar-refractivity contribution < 1.29 is 9.50 Å². The minimum absolute atomic E-state index is 0.270. The summed E-state index contributed by atoms with van der Waals surface area (Å²) < 4.78 is 13.7. The zero-order valence-corrected chi connectivity index (χ0v) is 12.6. The monoisotopic (exact) mass is 310 g/mol. The average molecular weight is 311 g/mol. The van der Waals surface area contributed by atoms with Gasteiger partial charge in [-0.3, -0.25) is 0 Å². The largest absolute Gasteiger partial charge is 0.387 e. The Morgan fingerprint density at radius 2 is 2.05 bits per heavy atom. The Morgan fingerprint density at radius 1 is 1.25 bits per heavy atom. The van der Waals surface area contributed by atoms with Gasteiger partial charge in [0.05, 0.1) is 6.10 Å². The Hall–Kier alpha value is -0.900. The van der Waals surface area contributed by atoms with Crippen molar-refractivity contribution in [3.05, 3.63) is 56.0 Å². The Balaban J connectivity index is 1.80. The van der Waals surface area contributed by atoms with Crippen LogP contribution in [0.2, 0.25) is 5.02 Å². The minimum atomic E-state index is -0.654. The average Bonchev–Trinajstić information content (AvgIpc) is 2.87. The van der Waals surface area contributed by atoms with Crippen LogP contribution in [0.25, 0.3) is 0 Å². The highest BCUT2D eigenvalue weighted by Crippen LogP contribution is 2.34. The summed E-state index contributed by atoms with van der Waals surface area (Å²) in [4.78, 5) is 2.33. The maximum atomic E-state index is 13.7. The van der Waals surface area contributed by atoms with Crippen LogP contribution >= 0.6 is 22.9 Å². The van der Waals surface area contributed by atoms with E-state index in [0.29, 0.717) is 10.6 Å². The Morgan fingerprint density at radius 3 is 2.85 bits per heavy atom. The summed E-state index contributed by atoms with van der Waals surface area (Å²) in [5.41, 5.74) is 1.83. The number of aliphatic hydroxyl groups is 1. The van der Waals surface area contributed by atoms with Gasteiger partial charge in [-0.25, -0.2) is 4.39 Å². The topological polar surface area (TPSA) is 20.2 Å². The van der Waals surface area contributed by atoms with Crippen molar-refractivity contribution in [3.63, 3.8) is 0 Å². The highest BCUT2D eigenvalue weighted by Gasteiger charge is 2.19. The molecule has 4 heteroatoms. The van der Waals surface area contributed by atoms with Crippen LogP contribution in [0.5, 0.6) is 0 Å². The molecular formula is C16H16ClFOS. The lowest BCUT2D eigenvalue weighted by molar-refractivity contribution is 0.181. The van der Waals surface area contributed by atoms with Gasteiger partial charge in [0.2, 0.25) is 0 Å². The van der Waals surface area contributed by atoms with Gasteiger partial charge in [0.1, 0.15) is 5.82 Å². The molecule has 1 aliphatic rings. The van der Waals surface area contributed by atoms with E-state index in [1.165, 1.54) is 35.4 Å². The van der Waals surface area contributed by atoms with Crippen molar-refractivity contribution in [1.29, 1.82) is 0 Å². The molecule has 20 heavy (non-hydrogen) atoms. The first-order chi connectivity index (χ1) is 9.63. The molecule has 0 aliphatic heterocycles. The maximum Gasteiger partial charge on any atom is 0.126 e. The Bertz CT molecular complexity index is 599. The number of benzene rings is 1. The lowest BCUT2D eigenvalue weighted by Gasteiger charge is -2.09. The summed E-state index contributed by atoms with van der Waals surface area (Å²) >= 11 is 7.55. The second-order valence-electron chi connectivity index (χ2n) is 5.26. The molecule has 2 aromatic rings. The fourth-order valence-electron chi connectivity index (χ4n) is 2.69. The third kappa shape index (κ3) is 2.90. The van der Waals surface area contributed by atoms with Gasteiger partial charge in [0, 0.05) is 21.2 Å². The molecule has 0 bridgehead atoms. The molecule has 0 saturated carbocycles. The lowest BCUT2D eigenvalue weighted by atomic mass is 9.98. The van der Waals surface area contributed by atoms with Crippen LogP contribution in [-0.2, 0) is 19.3 Å². The molecule has 0 radical (unpaired) electrons. The van der Waals surface area contributed by atoms with E-state index in [2.05, 4.69) is 6.07 Å². The molecule has 0 amide bonds. The zero-order chi connectivity index (χ0) is 14.1. The lowest BCUT2D eigenvalue weighted by Crippen LogP contribution is -2.02. The van der Waals surface area contributed by atoms with E-state index in [0.717, 1.165) is 17.7 Å². The van der Waals surface area contributed by atoms with Crippen molar-refractivity contribution in [2.45, 2.75) is 38.2 Å². The van der Waals surface area contributed by atoms with Crippen LogP contribution in [0, 0.1) is 5.82 Å². The fourth-order valence-corrected chi connectivity index (χ4v) is 4.12. The quantitative estimate of drug-likeness (QED) is 0.871. The predicted octanol–water partition coefficient (Wildman–Crippen LogP) is 4.70. The summed E-state index contributed by atoms with van der Waals surface area (Å²) in [6, 6.07) is 6.56. The van der Waals surface area contributed by atoms with Crippen molar-refractivity contribution in [3.8, 4) is 0 Å². The maximum absolute atomic E-state index is 13.7. The van der Waals surface area contributed by atoms with Crippen LogP contribution in [0.3, 0.4) is 0 Å². The van der Waals surface area contributed by atoms with Crippen LogP contribution in [-0.4, -0.2) is 5.11 Å². The first-order valence-corrected chi connectivity index (χ1v) is 8.06. The fraction of sp³-hybridized carbons (Fsp3) is 0.375. The van der Waals surface area contributed by atoms with Gasteiger partial charge < -0.3 is 5.11 Å². The summed E-state index contributed by atoms with van der Waals surface area (Å²) in [5.74, 6) is -0.310. The smallest absolute Gasteiger partial charge is 0.126 e. The highest BCUT2D eigenvalue weighted by atomic mass is 35.5. The van der Waals surface area contributed by atoms with Crippen molar-refractivity contribution in [1.82, 2.24) is 0 Å². The predicted molar refractivity (Wildman–Crippen MR) is 81.0 cm³/mol. The van der Waals surface area contributed by atoms with Crippen LogP contribution in [0.1, 0.15) is 39.8 Å². The van der Waals surface area contributed by atoms with Gasteiger partial charge in [-0.15, -0.1) is 11.3 Å². The van der Waals surface area contributed by atoms with E-state index < -0.39 is 6.10 Å². The second-order valence-corrected chi connectivity index (χ2v) is 6.86. The number of thiophene rings is 1. The zero-order valence-electron chi connectivity index (χ0n) is 11.0. The molecule has 1 heterocycles. The SMILES string of the molecule is OC(Cc1cc(Cl)ccc1F)c1cc2c(s1)CCCC2. The summed E-state index contributed by atoms with van der Waals surface area (Å²) in [6.45, 7) is 0. The molecule has 0 spiro atoms. The molecule has 106 valence electrons. The van der Waals surface area contributed by atoms with E-state index in [4.69, 9.17) is 11.6 Å². The van der Waals surface area contributed by atoms with Gasteiger partial charge >= 0.3 is 0 Å². The molecule has 1 unspecified atom stereocenters. The van der Waals surface area contributed by atoms with E-state index in [9.17, 15) is 9.50 Å². The first kappa shape index (κ1) is 14.1. The van der Waals surface area contributed by atoms with E-state index in [1.807, 2.05) is 0 Å². The molecule has 1 aliphatic carbocycles. The van der Waals surface area contributed by atoms with Crippen LogP contribution in [0.4, 0.5) is 4.39 Å². The summed E-state index contributed by atoms with van der Waals surface area (Å²) in [7, 11) is 0. The van der Waals surface area contributed by atoms with E-state index in [1.54, 1.807) is 17.4 Å². The van der Waals surface area contributed by atoms with Gasteiger partial charge in [0.15, 0.2) is 0 Å². The van der Waals surface area contributed by atoms with Gasteiger partial charge in [0.25, 0.3) is 0 Å². The van der Waals surface area contributed by atoms with Gasteiger partial charge in [-0.2, -0.15) is 0 Å². The number of hydrogen-bond acceptors (Lipinski definition) is 2.